The van der Waals surface area contributed by atoms with E-state index in [0.29, 0.717) is 18.4 Å². The highest BCUT2D eigenvalue weighted by Gasteiger charge is 2.39. The van der Waals surface area contributed by atoms with Crippen LogP contribution in [0.5, 0.6) is 0 Å². The van der Waals surface area contributed by atoms with Gasteiger partial charge < -0.3 is 24.7 Å². The third-order valence-electron chi connectivity index (χ3n) is 9.41. The van der Waals surface area contributed by atoms with Gasteiger partial charge in [-0.25, -0.2) is 18.6 Å². The molecule has 3 heterocycles. The molecule has 1 atom stereocenters. The van der Waals surface area contributed by atoms with Crippen molar-refractivity contribution in [1.82, 2.24) is 19.3 Å². The van der Waals surface area contributed by atoms with Crippen LogP contribution >= 0.6 is 11.6 Å². The highest BCUT2D eigenvalue weighted by atomic mass is 35.5. The van der Waals surface area contributed by atoms with Crippen LogP contribution in [0.15, 0.2) is 60.8 Å². The molecule has 1 amide bonds. The standard InChI is InChI=1S/C35H31ClF5N5O2.C2HF3O2/c1-18-43-32-26(45(18)4)17-21(35(39,40)41)29(30(32)36)20-7-6-14-46-24(20)9-10-25(46)33(48)19-15-22(37)31(23(38)16-19)44-28(47)8-5-13-42-27-11-12-34(27,2)3;3-2(4,5)1(6)7/h5-10,14-17,27,42H,11-13H2,1-4H3,(H,44,47);(H,6,7)/b8-5+;. The van der Waals surface area contributed by atoms with Gasteiger partial charge in [-0.05, 0) is 61.6 Å². The average Bonchev–Trinajstić information content (AvgIpc) is 3.65. The van der Waals surface area contributed by atoms with Crippen molar-refractivity contribution in [3.63, 3.8) is 0 Å². The minimum absolute atomic E-state index is 0.0630. The molecule has 1 aliphatic rings. The minimum Gasteiger partial charge on any atom is -0.475 e. The molecule has 0 spiro atoms. The third kappa shape index (κ3) is 8.37. The van der Waals surface area contributed by atoms with Gasteiger partial charge in [0.05, 0.1) is 27.3 Å². The van der Waals surface area contributed by atoms with Gasteiger partial charge >= 0.3 is 18.3 Å². The number of carbonyl (C=O) groups is 3. The molecule has 292 valence electrons. The van der Waals surface area contributed by atoms with Crippen molar-refractivity contribution in [2.45, 2.75) is 52.0 Å². The smallest absolute Gasteiger partial charge is 0.475 e. The number of aryl methyl sites for hydroxylation is 2. The van der Waals surface area contributed by atoms with Crippen LogP contribution in [0, 0.1) is 24.0 Å². The number of nitrogens with one attached hydrogen (secondary N) is 2. The van der Waals surface area contributed by atoms with E-state index in [0.717, 1.165) is 31.0 Å². The highest BCUT2D eigenvalue weighted by Crippen LogP contribution is 2.46. The van der Waals surface area contributed by atoms with Crippen molar-refractivity contribution in [3.05, 3.63) is 100 Å². The fourth-order valence-corrected chi connectivity index (χ4v) is 6.52. The van der Waals surface area contributed by atoms with E-state index in [2.05, 4.69) is 29.5 Å². The zero-order chi connectivity index (χ0) is 40.8. The SMILES string of the molecule is Cc1nc2c(Cl)c(-c3cccn4c(C(=O)c5cc(F)c(NC(=O)/C=C/CNC6CCC6(C)C)c(F)c5)ccc34)c(C(F)(F)F)cc2n1C.O=C(O)C(F)(F)F. The van der Waals surface area contributed by atoms with Gasteiger partial charge in [0.15, 0.2) is 0 Å². The number of anilines is 1. The van der Waals surface area contributed by atoms with Crippen LogP contribution in [-0.4, -0.2) is 55.5 Å². The van der Waals surface area contributed by atoms with Gasteiger partial charge in [-0.3, -0.25) is 9.59 Å². The summed E-state index contributed by atoms with van der Waals surface area (Å²) in [6, 6.07) is 8.57. The number of benzene rings is 2. The van der Waals surface area contributed by atoms with E-state index in [4.69, 9.17) is 21.5 Å². The number of carboxylic acid groups (broad SMARTS) is 1. The summed E-state index contributed by atoms with van der Waals surface area (Å²) in [6.07, 6.45) is -3.55. The molecule has 0 bridgehead atoms. The van der Waals surface area contributed by atoms with Gasteiger partial charge in [0.25, 0.3) is 0 Å². The minimum atomic E-state index is -5.08. The Morgan fingerprint density at radius 1 is 1.04 bits per heavy atom. The lowest BCUT2D eigenvalue weighted by molar-refractivity contribution is -0.192. The summed E-state index contributed by atoms with van der Waals surface area (Å²) >= 11 is 6.62. The Bertz CT molecular complexity index is 2340. The summed E-state index contributed by atoms with van der Waals surface area (Å²) < 4.78 is 108. The summed E-state index contributed by atoms with van der Waals surface area (Å²) in [5.74, 6) is -6.18. The van der Waals surface area contributed by atoms with Crippen LogP contribution in [0.3, 0.4) is 0 Å². The van der Waals surface area contributed by atoms with E-state index in [1.807, 2.05) is 0 Å². The normalized spacial score (nSPS) is 15.5. The molecule has 1 saturated carbocycles. The zero-order valence-electron chi connectivity index (χ0n) is 29.4. The summed E-state index contributed by atoms with van der Waals surface area (Å²) in [7, 11) is 1.59. The van der Waals surface area contributed by atoms with Gasteiger partial charge in [0, 0.05) is 48.6 Å². The predicted octanol–water partition coefficient (Wildman–Crippen LogP) is 8.89. The average molecular weight is 798 g/mol. The first-order valence-electron chi connectivity index (χ1n) is 16.4. The second-order valence-corrected chi connectivity index (χ2v) is 13.8. The van der Waals surface area contributed by atoms with E-state index in [1.165, 1.54) is 45.5 Å². The van der Waals surface area contributed by atoms with Crippen LogP contribution in [0.25, 0.3) is 27.7 Å². The number of hydrogen-bond acceptors (Lipinski definition) is 5. The quantitative estimate of drug-likeness (QED) is 0.0821. The molecule has 1 fully saturated rings. The topological polar surface area (TPSA) is 118 Å². The largest absolute Gasteiger partial charge is 0.490 e. The molecule has 18 heteroatoms. The summed E-state index contributed by atoms with van der Waals surface area (Å²) in [4.78, 5) is 39.1. The van der Waals surface area contributed by atoms with Crippen molar-refractivity contribution >= 4 is 51.5 Å². The zero-order valence-corrected chi connectivity index (χ0v) is 30.1. The number of fused-ring (bicyclic) bond motifs is 2. The molecule has 0 aliphatic heterocycles. The molecule has 6 rings (SSSR count). The van der Waals surface area contributed by atoms with E-state index in [9.17, 15) is 35.9 Å². The Morgan fingerprint density at radius 2 is 1.67 bits per heavy atom. The monoisotopic (exact) mass is 797 g/mol. The molecule has 1 unspecified atom stereocenters. The van der Waals surface area contributed by atoms with Crippen molar-refractivity contribution in [2.24, 2.45) is 12.5 Å². The first kappa shape index (κ1) is 40.9. The third-order valence-corrected chi connectivity index (χ3v) is 9.78. The molecule has 9 nitrogen and oxygen atoms in total. The number of rotatable bonds is 8. The van der Waals surface area contributed by atoms with Crippen LogP contribution in [-0.2, 0) is 22.8 Å². The number of pyridine rings is 1. The fraction of sp³-hybridized carbons (Fsp3) is 0.297. The number of hydrogen-bond donors (Lipinski definition) is 3. The number of halogens is 9. The number of carbonyl (C=O) groups excluding carboxylic acids is 2. The van der Waals surface area contributed by atoms with Crippen molar-refractivity contribution in [3.8, 4) is 11.1 Å². The van der Waals surface area contributed by atoms with Crippen LogP contribution in [0.4, 0.5) is 40.8 Å². The van der Waals surface area contributed by atoms with Crippen molar-refractivity contribution in [1.29, 1.82) is 0 Å². The maximum Gasteiger partial charge on any atom is 0.490 e. The van der Waals surface area contributed by atoms with E-state index < -0.39 is 52.9 Å². The molecule has 2 aromatic carbocycles. The molecular weight excluding hydrogens is 766 g/mol. The molecule has 0 radical (unpaired) electrons. The van der Waals surface area contributed by atoms with Crippen LogP contribution in [0.1, 0.15) is 54.1 Å². The van der Waals surface area contributed by atoms with Crippen LogP contribution in [0.2, 0.25) is 5.02 Å². The Hall–Kier alpha value is -5.29. The first-order chi connectivity index (χ1) is 25.5. The molecule has 0 saturated heterocycles. The van der Waals surface area contributed by atoms with E-state index >= 15 is 8.78 Å². The number of ketones is 1. The van der Waals surface area contributed by atoms with E-state index in [-0.39, 0.29) is 49.4 Å². The number of amides is 1. The van der Waals surface area contributed by atoms with E-state index in [1.54, 1.807) is 20.0 Å². The lowest BCUT2D eigenvalue weighted by Gasteiger charge is -2.45. The van der Waals surface area contributed by atoms with Gasteiger partial charge in [-0.2, -0.15) is 26.3 Å². The Balaban J connectivity index is 0.000000757. The van der Waals surface area contributed by atoms with Crippen molar-refractivity contribution in [2.75, 3.05) is 11.9 Å². The molecule has 5 aromatic rings. The number of aromatic nitrogens is 3. The Kier molecular flexibility index (Phi) is 11.2. The number of imidazole rings is 1. The molecule has 3 N–H and O–H groups in total. The van der Waals surface area contributed by atoms with Gasteiger partial charge in [-0.1, -0.05) is 37.6 Å². The molecule has 55 heavy (non-hydrogen) atoms. The second-order valence-electron chi connectivity index (χ2n) is 13.4. The van der Waals surface area contributed by atoms with Crippen LogP contribution < -0.4 is 10.6 Å². The molecular formula is C37H32ClF8N5O4. The summed E-state index contributed by atoms with van der Waals surface area (Å²) in [5, 5.41) is 12.4. The maximum atomic E-state index is 15.1. The van der Waals surface area contributed by atoms with Gasteiger partial charge in [-0.15, -0.1) is 0 Å². The second kappa shape index (κ2) is 15.1. The molecule has 3 aromatic heterocycles. The molecule has 1 aliphatic carbocycles. The summed E-state index contributed by atoms with van der Waals surface area (Å²) in [6.45, 7) is 6.35. The number of nitrogens with zero attached hydrogens (tertiary/aromatic N) is 3. The number of aliphatic carboxylic acids is 1. The predicted molar refractivity (Wildman–Crippen MR) is 188 cm³/mol. The van der Waals surface area contributed by atoms with Crippen molar-refractivity contribution < 1.29 is 54.6 Å². The highest BCUT2D eigenvalue weighted by molar-refractivity contribution is 6.38. The van der Waals surface area contributed by atoms with Gasteiger partial charge in [0.2, 0.25) is 11.7 Å². The summed E-state index contributed by atoms with van der Waals surface area (Å²) in [5.41, 5.74) is -1.60. The lowest BCUT2D eigenvalue weighted by Crippen LogP contribution is -2.49. The Morgan fingerprint density at radius 3 is 2.22 bits per heavy atom. The van der Waals surface area contributed by atoms with Gasteiger partial charge in [0.1, 0.15) is 28.7 Å². The fourth-order valence-electron chi connectivity index (χ4n) is 6.18. The number of alkyl halides is 6. The lowest BCUT2D eigenvalue weighted by atomic mass is 9.67. The maximum absolute atomic E-state index is 15.1. The Labute approximate surface area is 312 Å². The number of carboxylic acids is 1. The first-order valence-corrected chi connectivity index (χ1v) is 16.8.